The highest BCUT2D eigenvalue weighted by atomic mass is 16.4. The highest BCUT2D eigenvalue weighted by Gasteiger charge is 2.51. The Kier molecular flexibility index (Phi) is 1.94. The van der Waals surface area contributed by atoms with Gasteiger partial charge in [-0.3, -0.25) is 4.79 Å². The quantitative estimate of drug-likeness (QED) is 0.613. The average Bonchev–Trinajstić information content (AvgIpc) is 2.27. The van der Waals surface area contributed by atoms with Crippen LogP contribution in [0.25, 0.3) is 0 Å². The molecule has 16 heavy (non-hydrogen) atoms. The van der Waals surface area contributed by atoms with Crippen molar-refractivity contribution in [2.75, 3.05) is 0 Å². The Balaban J connectivity index is 1.92. The zero-order valence-electron chi connectivity index (χ0n) is 9.03. The van der Waals surface area contributed by atoms with Crippen molar-refractivity contribution in [1.82, 2.24) is 10.6 Å². The number of carboxylic acid groups (broad SMARTS) is 1. The van der Waals surface area contributed by atoms with Crippen molar-refractivity contribution in [2.24, 2.45) is 11.8 Å². The molecule has 5 nitrogen and oxygen atoms in total. The van der Waals surface area contributed by atoms with E-state index in [-0.39, 0.29) is 23.4 Å². The number of carbonyl (C=O) groups is 2. The highest BCUT2D eigenvalue weighted by molar-refractivity contribution is 5.80. The molecule has 0 aromatic heterocycles. The topological polar surface area (TPSA) is 78.4 Å². The second kappa shape index (κ2) is 3.12. The molecule has 2 amide bonds. The van der Waals surface area contributed by atoms with Crippen LogP contribution in [0, 0.1) is 11.8 Å². The molecule has 4 aliphatic rings. The van der Waals surface area contributed by atoms with Gasteiger partial charge in [0.1, 0.15) is 0 Å². The van der Waals surface area contributed by atoms with Crippen molar-refractivity contribution in [3.63, 3.8) is 0 Å². The number of hydrogen-bond acceptors (Lipinski definition) is 2. The van der Waals surface area contributed by atoms with Gasteiger partial charge in [-0.1, -0.05) is 0 Å². The van der Waals surface area contributed by atoms with Crippen LogP contribution in [-0.2, 0) is 4.79 Å². The van der Waals surface area contributed by atoms with Crippen molar-refractivity contribution < 1.29 is 14.7 Å². The van der Waals surface area contributed by atoms with E-state index in [0.29, 0.717) is 12.3 Å². The molecule has 0 radical (unpaired) electrons. The molecule has 4 bridgehead atoms. The lowest BCUT2D eigenvalue weighted by molar-refractivity contribution is -0.125. The first-order valence-corrected chi connectivity index (χ1v) is 5.88. The lowest BCUT2D eigenvalue weighted by Gasteiger charge is -2.46. The third-order valence-electron chi connectivity index (χ3n) is 4.28. The largest absolute Gasteiger partial charge is 0.465 e. The fourth-order valence-corrected chi connectivity index (χ4v) is 3.99. The van der Waals surface area contributed by atoms with Gasteiger partial charge >= 0.3 is 6.09 Å². The maximum Gasteiger partial charge on any atom is 0.405 e. The molecule has 4 fully saturated rings. The van der Waals surface area contributed by atoms with Crippen molar-refractivity contribution in [2.45, 2.75) is 43.7 Å². The van der Waals surface area contributed by atoms with Gasteiger partial charge in [0.25, 0.3) is 0 Å². The Morgan fingerprint density at radius 1 is 1.38 bits per heavy atom. The number of rotatable bonds is 1. The van der Waals surface area contributed by atoms with E-state index < -0.39 is 6.09 Å². The van der Waals surface area contributed by atoms with Crippen molar-refractivity contribution in [3.8, 4) is 0 Å². The van der Waals surface area contributed by atoms with Gasteiger partial charge in [-0.05, 0) is 38.0 Å². The Hall–Kier alpha value is -1.26. The van der Waals surface area contributed by atoms with Gasteiger partial charge in [0.05, 0.1) is 0 Å². The Morgan fingerprint density at radius 2 is 2.19 bits per heavy atom. The van der Waals surface area contributed by atoms with Gasteiger partial charge in [0.15, 0.2) is 0 Å². The molecular weight excluding hydrogens is 208 g/mol. The minimum atomic E-state index is -0.964. The van der Waals surface area contributed by atoms with E-state index >= 15 is 0 Å². The molecule has 0 spiro atoms. The predicted octanol–water partition coefficient (Wildman–Crippen LogP) is 0.701. The molecule has 4 rings (SSSR count). The summed E-state index contributed by atoms with van der Waals surface area (Å²) in [5.41, 5.74) is -0.346. The van der Waals surface area contributed by atoms with E-state index in [4.69, 9.17) is 5.11 Å². The first-order valence-electron chi connectivity index (χ1n) is 5.88. The highest BCUT2D eigenvalue weighted by Crippen LogP contribution is 2.47. The summed E-state index contributed by atoms with van der Waals surface area (Å²) < 4.78 is 0. The maximum atomic E-state index is 11.8. The molecule has 0 aromatic carbocycles. The summed E-state index contributed by atoms with van der Waals surface area (Å²) in [6, 6.07) is 0.172. The zero-order chi connectivity index (χ0) is 11.3. The molecule has 2 aliphatic carbocycles. The number of amides is 2. The molecule has 2 aliphatic heterocycles. The van der Waals surface area contributed by atoms with Crippen molar-refractivity contribution >= 4 is 12.0 Å². The lowest BCUT2D eigenvalue weighted by atomic mass is 9.63. The van der Waals surface area contributed by atoms with Crippen molar-refractivity contribution in [3.05, 3.63) is 0 Å². The Bertz CT molecular complexity index is 357. The molecule has 0 aromatic rings. The monoisotopic (exact) mass is 224 g/mol. The van der Waals surface area contributed by atoms with Gasteiger partial charge in [-0.15, -0.1) is 0 Å². The summed E-state index contributed by atoms with van der Waals surface area (Å²) in [4.78, 5) is 22.7. The fourth-order valence-electron chi connectivity index (χ4n) is 3.99. The second-order valence-electron chi connectivity index (χ2n) is 5.56. The van der Waals surface area contributed by atoms with E-state index in [2.05, 4.69) is 10.6 Å². The van der Waals surface area contributed by atoms with Crippen LogP contribution in [0.1, 0.15) is 32.1 Å². The van der Waals surface area contributed by atoms with Crippen LogP contribution >= 0.6 is 0 Å². The fraction of sp³-hybridized carbons (Fsp3) is 0.818. The summed E-state index contributed by atoms with van der Waals surface area (Å²) in [6.07, 6.45) is 3.34. The molecule has 3 N–H and O–H groups in total. The maximum absolute atomic E-state index is 11.8. The molecule has 88 valence electrons. The van der Waals surface area contributed by atoms with Gasteiger partial charge in [-0.25, -0.2) is 4.79 Å². The first kappa shape index (κ1) is 9.93. The van der Waals surface area contributed by atoms with Crippen LogP contribution in [0.15, 0.2) is 0 Å². The number of carbonyl (C=O) groups excluding carboxylic acids is 1. The van der Waals surface area contributed by atoms with Gasteiger partial charge in [-0.2, -0.15) is 0 Å². The Labute approximate surface area is 93.6 Å². The van der Waals surface area contributed by atoms with Crippen LogP contribution < -0.4 is 10.6 Å². The third kappa shape index (κ3) is 1.45. The molecule has 4 atom stereocenters. The molecule has 4 unspecified atom stereocenters. The molecule has 2 heterocycles. The van der Waals surface area contributed by atoms with Crippen LogP contribution in [0.3, 0.4) is 0 Å². The van der Waals surface area contributed by atoms with E-state index in [0.717, 1.165) is 25.7 Å². The van der Waals surface area contributed by atoms with Gasteiger partial charge in [0.2, 0.25) is 5.91 Å². The van der Waals surface area contributed by atoms with E-state index in [1.165, 1.54) is 0 Å². The summed E-state index contributed by atoms with van der Waals surface area (Å²) in [6.45, 7) is 0. The van der Waals surface area contributed by atoms with Gasteiger partial charge < -0.3 is 15.7 Å². The van der Waals surface area contributed by atoms with E-state index in [1.54, 1.807) is 0 Å². The summed E-state index contributed by atoms with van der Waals surface area (Å²) in [5.74, 6) is 0.641. The van der Waals surface area contributed by atoms with E-state index in [1.807, 2.05) is 0 Å². The average molecular weight is 224 g/mol. The van der Waals surface area contributed by atoms with Crippen LogP contribution in [0.2, 0.25) is 0 Å². The summed E-state index contributed by atoms with van der Waals surface area (Å²) >= 11 is 0. The molecule has 2 saturated heterocycles. The minimum Gasteiger partial charge on any atom is -0.465 e. The number of fused-ring (bicyclic) bond motifs is 1. The van der Waals surface area contributed by atoms with Gasteiger partial charge in [0, 0.05) is 17.5 Å². The lowest BCUT2D eigenvalue weighted by Crippen LogP contribution is -2.56. The first-order chi connectivity index (χ1) is 7.56. The SMILES string of the molecule is O=C(O)NC12CC3CC(C1)NC(=O)C(C3)C2. The molecular formula is C11H16N2O3. The second-order valence-corrected chi connectivity index (χ2v) is 5.56. The minimum absolute atomic E-state index is 0.0121. The number of nitrogens with one attached hydrogen (secondary N) is 2. The van der Waals surface area contributed by atoms with Crippen LogP contribution in [0.4, 0.5) is 4.79 Å². The molecule has 5 heteroatoms. The van der Waals surface area contributed by atoms with Crippen LogP contribution in [-0.4, -0.2) is 28.7 Å². The summed E-state index contributed by atoms with van der Waals surface area (Å²) in [5, 5.41) is 14.6. The van der Waals surface area contributed by atoms with Crippen LogP contribution in [0.5, 0.6) is 0 Å². The van der Waals surface area contributed by atoms with Crippen molar-refractivity contribution in [1.29, 1.82) is 0 Å². The molecule has 2 saturated carbocycles. The van der Waals surface area contributed by atoms with E-state index in [9.17, 15) is 9.59 Å². The normalized spacial score (nSPS) is 45.0. The zero-order valence-corrected chi connectivity index (χ0v) is 9.03. The third-order valence-corrected chi connectivity index (χ3v) is 4.28. The Morgan fingerprint density at radius 3 is 2.94 bits per heavy atom. The number of hydrogen-bond donors (Lipinski definition) is 3. The predicted molar refractivity (Wildman–Crippen MR) is 55.9 cm³/mol. The summed E-state index contributed by atoms with van der Waals surface area (Å²) in [7, 11) is 0. The standard InChI is InChI=1S/C11H16N2O3/c14-9-7-1-6-2-8(12-9)5-11(3-6,4-7)13-10(15)16/h6-8,13H,1-5H2,(H,12,14)(H,15,16). The smallest absolute Gasteiger partial charge is 0.405 e.